The summed E-state index contributed by atoms with van der Waals surface area (Å²) in [4.78, 5) is 16.1. The first-order valence-electron chi connectivity index (χ1n) is 7.45. The van der Waals surface area contributed by atoms with Crippen molar-refractivity contribution in [1.82, 2.24) is 4.98 Å². The third-order valence-electron chi connectivity index (χ3n) is 3.10. The van der Waals surface area contributed by atoms with Gasteiger partial charge in [0.25, 0.3) is 0 Å². The van der Waals surface area contributed by atoms with Crippen LogP contribution in [0.3, 0.4) is 0 Å². The molecule has 8 heteroatoms. The highest BCUT2D eigenvalue weighted by Gasteiger charge is 2.12. The number of hydrogen-bond donors (Lipinski definition) is 2. The molecule has 7 nitrogen and oxygen atoms in total. The van der Waals surface area contributed by atoms with Gasteiger partial charge in [0.1, 0.15) is 5.82 Å². The molecule has 0 aliphatic carbocycles. The van der Waals surface area contributed by atoms with Crippen LogP contribution in [0.4, 0.5) is 17.2 Å². The molecule has 0 bridgehead atoms. The van der Waals surface area contributed by atoms with E-state index in [4.69, 9.17) is 4.74 Å². The van der Waals surface area contributed by atoms with Gasteiger partial charge in [0.15, 0.2) is 0 Å². The third kappa shape index (κ3) is 4.69. The van der Waals surface area contributed by atoms with Gasteiger partial charge in [0, 0.05) is 0 Å². The number of rotatable bonds is 7. The van der Waals surface area contributed by atoms with E-state index in [0.29, 0.717) is 22.8 Å². The van der Waals surface area contributed by atoms with Gasteiger partial charge in [-0.1, -0.05) is 12.1 Å². The first-order chi connectivity index (χ1) is 11.4. The molecule has 1 aromatic carbocycles. The average molecular weight is 349 g/mol. The van der Waals surface area contributed by atoms with Gasteiger partial charge in [-0.2, -0.15) is 0 Å². The number of esters is 1. The van der Waals surface area contributed by atoms with E-state index >= 15 is 0 Å². The lowest BCUT2D eigenvalue weighted by Crippen LogP contribution is -2.14. The molecule has 1 heterocycles. The lowest BCUT2D eigenvalue weighted by Gasteiger charge is -2.11. The molecule has 2 rings (SSSR count). The summed E-state index contributed by atoms with van der Waals surface area (Å²) in [6.45, 7) is 3.58. The summed E-state index contributed by atoms with van der Waals surface area (Å²) in [5.74, 6) is 0.0408. The number of benzene rings is 1. The second-order valence-electron chi connectivity index (χ2n) is 4.83. The van der Waals surface area contributed by atoms with E-state index in [1.54, 1.807) is 50.2 Å². The second kappa shape index (κ2) is 7.78. The standard InChI is InChI=1S/C16H19N3O4S/c1-3-23-16(20)13-7-5-6-8-14(13)18-15-10-9-12(11-17-15)19-24(21,22)4-2/h5-11,19H,3-4H2,1-2H3,(H,17,18). The van der Waals surface area contributed by atoms with Crippen LogP contribution in [0.15, 0.2) is 42.6 Å². The molecule has 24 heavy (non-hydrogen) atoms. The highest BCUT2D eigenvalue weighted by molar-refractivity contribution is 7.92. The summed E-state index contributed by atoms with van der Waals surface area (Å²) >= 11 is 0. The Bertz CT molecular complexity index is 804. The number of anilines is 3. The minimum Gasteiger partial charge on any atom is -0.462 e. The fraction of sp³-hybridized carbons (Fsp3) is 0.250. The lowest BCUT2D eigenvalue weighted by molar-refractivity contribution is 0.0527. The first kappa shape index (κ1) is 17.7. The van der Waals surface area contributed by atoms with E-state index in [1.165, 1.54) is 6.20 Å². The average Bonchev–Trinajstić information content (AvgIpc) is 2.57. The summed E-state index contributed by atoms with van der Waals surface area (Å²) in [6.07, 6.45) is 1.41. The molecular formula is C16H19N3O4S. The Morgan fingerprint density at radius 1 is 1.17 bits per heavy atom. The van der Waals surface area contributed by atoms with E-state index in [0.717, 1.165) is 0 Å². The fourth-order valence-electron chi connectivity index (χ4n) is 1.90. The Labute approximate surface area is 141 Å². The summed E-state index contributed by atoms with van der Waals surface area (Å²) in [5.41, 5.74) is 1.34. The normalized spacial score (nSPS) is 10.9. The van der Waals surface area contributed by atoms with Gasteiger partial charge in [0.05, 0.1) is 35.5 Å². The highest BCUT2D eigenvalue weighted by Crippen LogP contribution is 2.21. The Kier molecular flexibility index (Phi) is 5.75. The first-order valence-corrected chi connectivity index (χ1v) is 9.10. The maximum Gasteiger partial charge on any atom is 0.340 e. The van der Waals surface area contributed by atoms with Crippen LogP contribution in [-0.2, 0) is 14.8 Å². The van der Waals surface area contributed by atoms with Crippen molar-refractivity contribution in [2.75, 3.05) is 22.4 Å². The zero-order chi connectivity index (χ0) is 17.6. The van der Waals surface area contributed by atoms with Crippen molar-refractivity contribution < 1.29 is 17.9 Å². The van der Waals surface area contributed by atoms with Gasteiger partial charge in [-0.25, -0.2) is 18.2 Å². The maximum atomic E-state index is 11.9. The Morgan fingerprint density at radius 2 is 1.92 bits per heavy atom. The summed E-state index contributed by atoms with van der Waals surface area (Å²) in [7, 11) is -3.34. The van der Waals surface area contributed by atoms with E-state index in [9.17, 15) is 13.2 Å². The molecule has 2 aromatic rings. The number of carbonyl (C=O) groups is 1. The van der Waals surface area contributed by atoms with E-state index in [-0.39, 0.29) is 12.4 Å². The topological polar surface area (TPSA) is 97.4 Å². The van der Waals surface area contributed by atoms with Gasteiger partial charge in [-0.05, 0) is 38.1 Å². The van der Waals surface area contributed by atoms with E-state index in [2.05, 4.69) is 15.0 Å². The van der Waals surface area contributed by atoms with Gasteiger partial charge in [-0.15, -0.1) is 0 Å². The number of aromatic nitrogens is 1. The largest absolute Gasteiger partial charge is 0.462 e. The number of carbonyl (C=O) groups excluding carboxylic acids is 1. The fourth-order valence-corrected chi connectivity index (χ4v) is 2.52. The smallest absolute Gasteiger partial charge is 0.340 e. The number of hydrogen-bond acceptors (Lipinski definition) is 6. The van der Waals surface area contributed by atoms with Crippen molar-refractivity contribution in [3.05, 3.63) is 48.2 Å². The Morgan fingerprint density at radius 3 is 2.54 bits per heavy atom. The zero-order valence-corrected chi connectivity index (χ0v) is 14.3. The monoisotopic (exact) mass is 349 g/mol. The molecule has 0 fully saturated rings. The molecule has 0 saturated heterocycles. The lowest BCUT2D eigenvalue weighted by atomic mass is 10.2. The van der Waals surface area contributed by atoms with Crippen molar-refractivity contribution in [3.63, 3.8) is 0 Å². The molecule has 0 unspecified atom stereocenters. The molecule has 128 valence electrons. The number of nitrogens with one attached hydrogen (secondary N) is 2. The SMILES string of the molecule is CCOC(=O)c1ccccc1Nc1ccc(NS(=O)(=O)CC)cn1. The minimum absolute atomic E-state index is 0.0140. The second-order valence-corrected chi connectivity index (χ2v) is 6.84. The van der Waals surface area contributed by atoms with Crippen LogP contribution >= 0.6 is 0 Å². The number of pyridine rings is 1. The van der Waals surface area contributed by atoms with E-state index < -0.39 is 16.0 Å². The quantitative estimate of drug-likeness (QED) is 0.746. The highest BCUT2D eigenvalue weighted by atomic mass is 32.2. The van der Waals surface area contributed by atoms with Crippen molar-refractivity contribution in [3.8, 4) is 0 Å². The number of ether oxygens (including phenoxy) is 1. The molecule has 1 aromatic heterocycles. The zero-order valence-electron chi connectivity index (χ0n) is 13.4. The van der Waals surface area contributed by atoms with Gasteiger partial charge in [-0.3, -0.25) is 4.72 Å². The van der Waals surface area contributed by atoms with Crippen LogP contribution in [0.25, 0.3) is 0 Å². The molecular weight excluding hydrogens is 330 g/mol. The van der Waals surface area contributed by atoms with E-state index in [1.807, 2.05) is 0 Å². The van der Waals surface area contributed by atoms with Crippen LogP contribution in [0, 0.1) is 0 Å². The Hall–Kier alpha value is -2.61. The van der Waals surface area contributed by atoms with Crippen LogP contribution in [0.2, 0.25) is 0 Å². The summed E-state index contributed by atoms with van der Waals surface area (Å²) in [5, 5.41) is 3.03. The van der Waals surface area contributed by atoms with Gasteiger partial charge >= 0.3 is 5.97 Å². The van der Waals surface area contributed by atoms with Crippen LogP contribution in [-0.4, -0.2) is 31.7 Å². The van der Waals surface area contributed by atoms with Crippen LogP contribution < -0.4 is 10.0 Å². The molecule has 0 radical (unpaired) electrons. The molecule has 0 amide bonds. The molecule has 0 atom stereocenters. The maximum absolute atomic E-state index is 11.9. The Balaban J connectivity index is 2.16. The van der Waals surface area contributed by atoms with Crippen molar-refractivity contribution in [2.45, 2.75) is 13.8 Å². The van der Waals surface area contributed by atoms with Crippen molar-refractivity contribution in [2.24, 2.45) is 0 Å². The third-order valence-corrected chi connectivity index (χ3v) is 4.41. The predicted molar refractivity (Wildman–Crippen MR) is 93.0 cm³/mol. The van der Waals surface area contributed by atoms with Crippen molar-refractivity contribution >= 4 is 33.2 Å². The molecule has 0 saturated carbocycles. The molecule has 0 spiro atoms. The number of sulfonamides is 1. The molecule has 0 aliphatic heterocycles. The van der Waals surface area contributed by atoms with Crippen LogP contribution in [0.5, 0.6) is 0 Å². The number of para-hydroxylation sites is 1. The van der Waals surface area contributed by atoms with Crippen LogP contribution in [0.1, 0.15) is 24.2 Å². The summed E-state index contributed by atoms with van der Waals surface area (Å²) in [6, 6.07) is 10.1. The predicted octanol–water partition coefficient (Wildman–Crippen LogP) is 2.76. The van der Waals surface area contributed by atoms with Gasteiger partial charge < -0.3 is 10.1 Å². The number of nitrogens with zero attached hydrogens (tertiary/aromatic N) is 1. The molecule has 0 aliphatic rings. The van der Waals surface area contributed by atoms with Crippen molar-refractivity contribution in [1.29, 1.82) is 0 Å². The summed E-state index contributed by atoms with van der Waals surface area (Å²) < 4.78 is 30.5. The molecule has 2 N–H and O–H groups in total. The van der Waals surface area contributed by atoms with Gasteiger partial charge in [0.2, 0.25) is 10.0 Å². The minimum atomic E-state index is -3.34.